The first-order valence-corrected chi connectivity index (χ1v) is 7.81. The molecule has 0 radical (unpaired) electrons. The van der Waals surface area contributed by atoms with E-state index in [-0.39, 0.29) is 0 Å². The normalized spacial score (nSPS) is 40.7. The summed E-state index contributed by atoms with van der Waals surface area (Å²) in [7, 11) is 0. The fourth-order valence-corrected chi connectivity index (χ4v) is 5.01. The quantitative estimate of drug-likeness (QED) is 0.587. The molecule has 19 heavy (non-hydrogen) atoms. The third-order valence-corrected chi connectivity index (χ3v) is 6.06. The fourth-order valence-electron chi connectivity index (χ4n) is 5.01. The van der Waals surface area contributed by atoms with E-state index in [2.05, 4.69) is 19.1 Å². The minimum atomic E-state index is 0.348. The van der Waals surface area contributed by atoms with Crippen molar-refractivity contribution in [3.8, 4) is 0 Å². The van der Waals surface area contributed by atoms with Crippen molar-refractivity contribution in [1.82, 2.24) is 0 Å². The van der Waals surface area contributed by atoms with Gasteiger partial charge in [0.15, 0.2) is 5.78 Å². The molecule has 1 saturated carbocycles. The van der Waals surface area contributed by atoms with Gasteiger partial charge in [0.05, 0.1) is 0 Å². The van der Waals surface area contributed by atoms with E-state index in [1.165, 1.54) is 31.3 Å². The van der Waals surface area contributed by atoms with E-state index in [4.69, 9.17) is 0 Å². The Balaban J connectivity index is 1.76. The minimum Gasteiger partial charge on any atom is -0.295 e. The molecule has 0 N–H and O–H groups in total. The van der Waals surface area contributed by atoms with Crippen LogP contribution < -0.4 is 0 Å². The van der Waals surface area contributed by atoms with E-state index in [1.807, 2.05) is 6.08 Å². The molecule has 0 aromatic carbocycles. The van der Waals surface area contributed by atoms with Gasteiger partial charge < -0.3 is 0 Å². The van der Waals surface area contributed by atoms with Crippen LogP contribution in [0.25, 0.3) is 0 Å². The van der Waals surface area contributed by atoms with Gasteiger partial charge in [0.1, 0.15) is 0 Å². The van der Waals surface area contributed by atoms with Gasteiger partial charge in [-0.05, 0) is 73.0 Å². The number of allylic oxidation sites excluding steroid dienone is 6. The molecule has 1 fully saturated rings. The zero-order valence-electron chi connectivity index (χ0n) is 11.7. The highest BCUT2D eigenvalue weighted by molar-refractivity contribution is 5.93. The van der Waals surface area contributed by atoms with Crippen molar-refractivity contribution in [2.75, 3.05) is 0 Å². The molecule has 4 aliphatic carbocycles. The predicted molar refractivity (Wildman–Crippen MR) is 76.7 cm³/mol. The molecule has 4 rings (SSSR count). The van der Waals surface area contributed by atoms with Crippen LogP contribution in [-0.2, 0) is 4.79 Å². The van der Waals surface area contributed by atoms with Crippen LogP contribution in [0.3, 0.4) is 0 Å². The topological polar surface area (TPSA) is 17.1 Å². The summed E-state index contributed by atoms with van der Waals surface area (Å²) in [5, 5.41) is 0. The van der Waals surface area contributed by atoms with Gasteiger partial charge >= 0.3 is 0 Å². The summed E-state index contributed by atoms with van der Waals surface area (Å²) in [4.78, 5) is 11.6. The zero-order valence-corrected chi connectivity index (χ0v) is 11.7. The van der Waals surface area contributed by atoms with Crippen molar-refractivity contribution in [1.29, 1.82) is 0 Å². The molecule has 0 aromatic heterocycles. The number of hydrogen-bond donors (Lipinski definition) is 0. The third-order valence-electron chi connectivity index (χ3n) is 6.06. The van der Waals surface area contributed by atoms with Crippen molar-refractivity contribution in [3.05, 3.63) is 34.9 Å². The standard InChI is InChI=1S/C18H22O/c1-18-9-2-3-17(18)16-6-4-12-11-13(19)5-7-14(12)15(16)8-10-18/h2,9,11,16-17H,3-8,10H2,1H3/t16-,17+,18+/m1/s1. The molecule has 0 unspecified atom stereocenters. The van der Waals surface area contributed by atoms with Crippen LogP contribution in [0.2, 0.25) is 0 Å². The minimum absolute atomic E-state index is 0.348. The second kappa shape index (κ2) is 3.94. The molecular formula is C18H22O. The molecule has 4 aliphatic rings. The van der Waals surface area contributed by atoms with E-state index < -0.39 is 0 Å². The highest BCUT2D eigenvalue weighted by Gasteiger charge is 2.46. The van der Waals surface area contributed by atoms with Crippen molar-refractivity contribution in [2.45, 2.75) is 51.9 Å². The summed E-state index contributed by atoms with van der Waals surface area (Å²) < 4.78 is 0. The molecule has 1 nitrogen and oxygen atoms in total. The predicted octanol–water partition coefficient (Wildman–Crippen LogP) is 4.36. The van der Waals surface area contributed by atoms with E-state index in [1.54, 1.807) is 11.1 Å². The number of fused-ring (bicyclic) bond motifs is 4. The van der Waals surface area contributed by atoms with Gasteiger partial charge in [-0.2, -0.15) is 0 Å². The first-order valence-electron chi connectivity index (χ1n) is 7.81. The summed E-state index contributed by atoms with van der Waals surface area (Å²) >= 11 is 0. The summed E-state index contributed by atoms with van der Waals surface area (Å²) in [6.07, 6.45) is 14.9. The molecule has 1 heteroatoms. The van der Waals surface area contributed by atoms with Gasteiger partial charge in [-0.1, -0.05) is 24.6 Å². The average Bonchev–Trinajstić information content (AvgIpc) is 2.79. The van der Waals surface area contributed by atoms with Crippen LogP contribution in [0.15, 0.2) is 34.9 Å². The van der Waals surface area contributed by atoms with Crippen LogP contribution in [0.5, 0.6) is 0 Å². The van der Waals surface area contributed by atoms with Crippen LogP contribution in [0.4, 0.5) is 0 Å². The highest BCUT2D eigenvalue weighted by atomic mass is 16.1. The van der Waals surface area contributed by atoms with Gasteiger partial charge in [-0.15, -0.1) is 0 Å². The number of rotatable bonds is 0. The lowest BCUT2D eigenvalue weighted by atomic mass is 9.58. The van der Waals surface area contributed by atoms with Crippen molar-refractivity contribution in [2.24, 2.45) is 17.3 Å². The van der Waals surface area contributed by atoms with Crippen LogP contribution in [0, 0.1) is 17.3 Å². The largest absolute Gasteiger partial charge is 0.295 e. The first kappa shape index (κ1) is 11.7. The SMILES string of the molecule is C[C@@]12C=CC[C@H]1[C@@H]1CCC3=CC(=O)CCC3=C1CC2. The summed E-state index contributed by atoms with van der Waals surface area (Å²) in [6, 6.07) is 0. The van der Waals surface area contributed by atoms with Crippen LogP contribution in [-0.4, -0.2) is 5.78 Å². The smallest absolute Gasteiger partial charge is 0.156 e. The molecule has 0 aromatic rings. The molecule has 100 valence electrons. The monoisotopic (exact) mass is 254 g/mol. The maximum atomic E-state index is 11.6. The first-order chi connectivity index (χ1) is 9.17. The molecule has 0 bridgehead atoms. The van der Waals surface area contributed by atoms with E-state index in [0.29, 0.717) is 11.2 Å². The Bertz CT molecular complexity index is 534. The Labute approximate surface area is 115 Å². The van der Waals surface area contributed by atoms with Crippen LogP contribution >= 0.6 is 0 Å². The van der Waals surface area contributed by atoms with Gasteiger partial charge in [0, 0.05) is 6.42 Å². The summed E-state index contributed by atoms with van der Waals surface area (Å²) in [6.45, 7) is 2.46. The zero-order chi connectivity index (χ0) is 13.0. The van der Waals surface area contributed by atoms with Gasteiger partial charge in [-0.3, -0.25) is 4.79 Å². The van der Waals surface area contributed by atoms with Crippen molar-refractivity contribution >= 4 is 5.78 Å². The number of ketones is 1. The van der Waals surface area contributed by atoms with E-state index >= 15 is 0 Å². The van der Waals surface area contributed by atoms with E-state index in [9.17, 15) is 4.79 Å². The number of hydrogen-bond acceptors (Lipinski definition) is 1. The Kier molecular flexibility index (Phi) is 2.43. The highest BCUT2D eigenvalue weighted by Crippen LogP contribution is 2.57. The summed E-state index contributed by atoms with van der Waals surface area (Å²) in [5.41, 5.74) is 5.17. The van der Waals surface area contributed by atoms with Crippen molar-refractivity contribution in [3.63, 3.8) is 0 Å². The van der Waals surface area contributed by atoms with Gasteiger partial charge in [0.2, 0.25) is 0 Å². The molecule has 0 spiro atoms. The second-order valence-electron chi connectivity index (χ2n) is 7.04. The summed E-state index contributed by atoms with van der Waals surface area (Å²) in [5.74, 6) is 1.98. The number of carbonyl (C=O) groups excluding carboxylic acids is 1. The maximum Gasteiger partial charge on any atom is 0.156 e. The lowest BCUT2D eigenvalue weighted by molar-refractivity contribution is -0.114. The lowest BCUT2D eigenvalue weighted by Gasteiger charge is -2.47. The van der Waals surface area contributed by atoms with Crippen LogP contribution in [0.1, 0.15) is 51.9 Å². The van der Waals surface area contributed by atoms with E-state index in [0.717, 1.165) is 31.1 Å². The third kappa shape index (κ3) is 1.63. The van der Waals surface area contributed by atoms with Crippen molar-refractivity contribution < 1.29 is 4.79 Å². The molecule has 3 atom stereocenters. The Morgan fingerprint density at radius 3 is 3.00 bits per heavy atom. The lowest BCUT2D eigenvalue weighted by Crippen LogP contribution is -2.37. The van der Waals surface area contributed by atoms with Gasteiger partial charge in [0.25, 0.3) is 0 Å². The molecule has 0 aliphatic heterocycles. The molecule has 0 heterocycles. The maximum absolute atomic E-state index is 11.6. The Morgan fingerprint density at radius 2 is 2.11 bits per heavy atom. The number of carbonyl (C=O) groups is 1. The average molecular weight is 254 g/mol. The Hall–Kier alpha value is -1.11. The molecular weight excluding hydrogens is 232 g/mol. The molecule has 0 saturated heterocycles. The van der Waals surface area contributed by atoms with Gasteiger partial charge in [-0.25, -0.2) is 0 Å². The fraction of sp³-hybridized carbons (Fsp3) is 0.611. The second-order valence-corrected chi connectivity index (χ2v) is 7.04. The molecule has 0 amide bonds. The Morgan fingerprint density at radius 1 is 1.21 bits per heavy atom.